The lowest BCUT2D eigenvalue weighted by Gasteiger charge is -2.24. The molecule has 2 atom stereocenters. The molecular weight excluding hydrogens is 757 g/mol. The van der Waals surface area contributed by atoms with Crippen LogP contribution in [0, 0.1) is 82.9 Å². The number of ether oxygens (including phenoxy) is 3. The number of ketones is 1. The van der Waals surface area contributed by atoms with Gasteiger partial charge >= 0.3 is 18.0 Å². The minimum Gasteiger partial charge on any atom is -0.460 e. The molecule has 0 aromatic heterocycles. The van der Waals surface area contributed by atoms with Crippen LogP contribution in [0.25, 0.3) is 11.1 Å². The number of amides is 2. The molecule has 0 saturated carbocycles. The summed E-state index contributed by atoms with van der Waals surface area (Å²) in [6.07, 6.45) is 2.73. The first kappa shape index (κ1) is 46.8. The van der Waals surface area contributed by atoms with Crippen LogP contribution in [0.1, 0.15) is 89.7 Å². The van der Waals surface area contributed by atoms with Crippen molar-refractivity contribution in [2.75, 3.05) is 13.2 Å². The lowest BCUT2D eigenvalue weighted by Crippen LogP contribution is -2.44. The predicted octanol–water partition coefficient (Wildman–Crippen LogP) is 5.79. The van der Waals surface area contributed by atoms with E-state index in [4.69, 9.17) is 14.2 Å². The zero-order valence-corrected chi connectivity index (χ0v) is 34.3. The summed E-state index contributed by atoms with van der Waals surface area (Å²) in [5.74, 6) is 32.2. The Hall–Kier alpha value is -7.55. The fourth-order valence-corrected chi connectivity index (χ4v) is 5.83. The highest BCUT2D eigenvalue weighted by molar-refractivity contribution is 5.97. The Balaban J connectivity index is 1.48. The first-order valence-corrected chi connectivity index (χ1v) is 19.3. The van der Waals surface area contributed by atoms with Crippen LogP contribution < -0.4 is 10.6 Å². The van der Waals surface area contributed by atoms with Crippen molar-refractivity contribution in [3.63, 3.8) is 0 Å². The van der Waals surface area contributed by atoms with Gasteiger partial charge in [0, 0.05) is 24.7 Å². The van der Waals surface area contributed by atoms with Gasteiger partial charge in [0.1, 0.15) is 36.7 Å². The zero-order chi connectivity index (χ0) is 43.6. The van der Waals surface area contributed by atoms with Gasteiger partial charge in [-0.15, -0.1) is 0 Å². The summed E-state index contributed by atoms with van der Waals surface area (Å²) in [6.45, 7) is 10.4. The van der Waals surface area contributed by atoms with Crippen molar-refractivity contribution in [1.29, 1.82) is 0 Å². The molecule has 2 amide bonds. The summed E-state index contributed by atoms with van der Waals surface area (Å²) in [4.78, 5) is 64.1. The first-order chi connectivity index (χ1) is 28.9. The van der Waals surface area contributed by atoms with Gasteiger partial charge in [-0.3, -0.25) is 9.59 Å². The molecular formula is C50H46N2O8. The van der Waals surface area contributed by atoms with Crippen molar-refractivity contribution >= 4 is 29.7 Å². The van der Waals surface area contributed by atoms with Crippen molar-refractivity contribution in [3.8, 4) is 94.0 Å². The number of nitrogens with one attached hydrogen (secondary N) is 2. The van der Waals surface area contributed by atoms with Crippen LogP contribution in [0.15, 0.2) is 61.2 Å². The molecule has 0 bridgehead atoms. The van der Waals surface area contributed by atoms with Crippen molar-refractivity contribution in [2.45, 2.75) is 96.2 Å². The Bertz CT molecular complexity index is 2330. The van der Waals surface area contributed by atoms with Crippen molar-refractivity contribution < 1.29 is 38.2 Å². The molecule has 304 valence electrons. The molecule has 3 rings (SSSR count). The number of alkyl carbamates (subject to hydrolysis) is 1. The molecule has 1 aliphatic rings. The highest BCUT2D eigenvalue weighted by Gasteiger charge is 2.30. The number of benzene rings is 2. The maximum atomic E-state index is 13.0. The average molecular weight is 803 g/mol. The number of Topliss-reactive ketones (excluding diaryl/α,β-unsaturated/α-hetero) is 1. The summed E-state index contributed by atoms with van der Waals surface area (Å²) < 4.78 is 16.3. The molecule has 2 aromatic rings. The maximum absolute atomic E-state index is 13.0. The molecule has 60 heavy (non-hydrogen) atoms. The fourth-order valence-electron chi connectivity index (χ4n) is 5.83. The monoisotopic (exact) mass is 802 g/mol. The number of rotatable bonds is 17. The number of carbonyl (C=O) groups is 5. The van der Waals surface area contributed by atoms with Crippen LogP contribution in [0.3, 0.4) is 0 Å². The van der Waals surface area contributed by atoms with E-state index in [1.807, 2.05) is 48.5 Å². The number of hydrogen-bond donors (Lipinski definition) is 2. The molecule has 0 spiro atoms. The molecule has 0 aliphatic heterocycles. The summed E-state index contributed by atoms with van der Waals surface area (Å²) >= 11 is 0. The number of fused-ring (bicyclic) bond motifs is 3. The third-order valence-electron chi connectivity index (χ3n) is 8.41. The highest BCUT2D eigenvalue weighted by atomic mass is 16.6. The second-order valence-electron chi connectivity index (χ2n) is 14.1. The summed E-state index contributed by atoms with van der Waals surface area (Å²) in [6, 6.07) is 13.9. The van der Waals surface area contributed by atoms with Gasteiger partial charge in [0.05, 0.1) is 0 Å². The molecule has 1 aliphatic carbocycles. The van der Waals surface area contributed by atoms with Gasteiger partial charge in [0.25, 0.3) is 5.91 Å². The smallest absolute Gasteiger partial charge is 0.407 e. The Labute approximate surface area is 353 Å². The first-order valence-electron chi connectivity index (χ1n) is 19.3. The van der Waals surface area contributed by atoms with Gasteiger partial charge in [0.2, 0.25) is 0 Å². The Morgan fingerprint density at radius 1 is 0.683 bits per heavy atom. The molecule has 2 aromatic carbocycles. The van der Waals surface area contributed by atoms with Crippen LogP contribution in [0.5, 0.6) is 0 Å². The standard InChI is InChI=1S/C50H46N2O8/c1-6-8-9-10-11-12-13-14-15-16-17-18-22-33-46(54)51-45(48(56)60-50(3,4)5)35-34-38(53)27-20-19-21-32-44(47(55)58-36-7-2)52-49(57)59-37-43-41-30-25-23-28-39(41)40-29-24-26-31-42(40)43/h7,23-26,28-31,43-45H,2,19-21,27,32,34-37H2,1,3-5H3,(H,51,54)(H,52,57)/t44-,45+/m1/s1. The highest BCUT2D eigenvalue weighted by Crippen LogP contribution is 2.44. The minimum absolute atomic E-state index is 0.00124. The topological polar surface area (TPSA) is 137 Å². The van der Waals surface area contributed by atoms with E-state index in [1.165, 1.54) is 6.08 Å². The van der Waals surface area contributed by atoms with E-state index in [1.54, 1.807) is 27.7 Å². The molecule has 0 radical (unpaired) electrons. The van der Waals surface area contributed by atoms with Crippen molar-refractivity contribution in [3.05, 3.63) is 72.3 Å². The van der Waals surface area contributed by atoms with Gasteiger partial charge in [-0.25, -0.2) is 14.4 Å². The van der Waals surface area contributed by atoms with E-state index in [2.05, 4.69) is 100 Å². The molecule has 10 nitrogen and oxygen atoms in total. The van der Waals surface area contributed by atoms with E-state index in [0.29, 0.717) is 19.3 Å². The summed E-state index contributed by atoms with van der Waals surface area (Å²) in [5.41, 5.74) is 3.50. The molecule has 0 fully saturated rings. The normalized spacial score (nSPS) is 11.2. The van der Waals surface area contributed by atoms with Gasteiger partial charge < -0.3 is 24.8 Å². The van der Waals surface area contributed by atoms with Crippen LogP contribution in [0.2, 0.25) is 0 Å². The number of hydrogen-bond acceptors (Lipinski definition) is 8. The Kier molecular flexibility index (Phi) is 20.0. The summed E-state index contributed by atoms with van der Waals surface area (Å²) in [7, 11) is 0. The van der Waals surface area contributed by atoms with Crippen LogP contribution in [-0.4, -0.2) is 60.6 Å². The number of unbranched alkanes of at least 4 members (excludes halogenated alkanes) is 2. The molecule has 0 saturated heterocycles. The third kappa shape index (κ3) is 17.3. The average Bonchev–Trinajstić information content (AvgIpc) is 3.54. The predicted molar refractivity (Wildman–Crippen MR) is 228 cm³/mol. The van der Waals surface area contributed by atoms with Crippen molar-refractivity contribution in [1.82, 2.24) is 10.6 Å². The number of carbonyl (C=O) groups excluding carboxylic acids is 5. The van der Waals surface area contributed by atoms with Crippen LogP contribution in [-0.2, 0) is 33.4 Å². The third-order valence-corrected chi connectivity index (χ3v) is 8.41. The fraction of sp³-hybridized carbons (Fsp3) is 0.340. The van der Waals surface area contributed by atoms with Gasteiger partial charge in [-0.2, -0.15) is 0 Å². The van der Waals surface area contributed by atoms with E-state index >= 15 is 0 Å². The Morgan fingerprint density at radius 2 is 1.23 bits per heavy atom. The van der Waals surface area contributed by atoms with E-state index in [9.17, 15) is 24.0 Å². The van der Waals surface area contributed by atoms with E-state index < -0.39 is 41.6 Å². The maximum Gasteiger partial charge on any atom is 0.407 e. The van der Waals surface area contributed by atoms with Crippen LogP contribution >= 0.6 is 0 Å². The SMILES string of the molecule is C=CCOC(=O)[C@@H](CCCCCC(=O)CC[C@H](NC(=O)C#CC#CC#CC#CC#CC#CC#CC)C(=O)OC(C)(C)C)NC(=O)OCC1c2ccccc2-c2ccccc21. The van der Waals surface area contributed by atoms with Crippen LogP contribution in [0.4, 0.5) is 4.79 Å². The lowest BCUT2D eigenvalue weighted by atomic mass is 9.98. The molecule has 2 N–H and O–H groups in total. The largest absolute Gasteiger partial charge is 0.460 e. The quantitative estimate of drug-likeness (QED) is 0.0675. The van der Waals surface area contributed by atoms with Gasteiger partial charge in [-0.1, -0.05) is 79.9 Å². The second kappa shape index (κ2) is 25.7. The van der Waals surface area contributed by atoms with Crippen molar-refractivity contribution in [2.24, 2.45) is 0 Å². The summed E-state index contributed by atoms with van der Waals surface area (Å²) in [5, 5.41) is 5.16. The van der Waals surface area contributed by atoms with E-state index in [-0.39, 0.29) is 50.6 Å². The lowest BCUT2D eigenvalue weighted by molar-refractivity contribution is -0.158. The second-order valence-corrected chi connectivity index (χ2v) is 14.1. The zero-order valence-electron chi connectivity index (χ0n) is 34.3. The van der Waals surface area contributed by atoms with E-state index in [0.717, 1.165) is 22.3 Å². The Morgan fingerprint density at radius 3 is 1.80 bits per heavy atom. The molecule has 10 heteroatoms. The van der Waals surface area contributed by atoms with Gasteiger partial charge in [0.15, 0.2) is 0 Å². The molecule has 0 unspecified atom stereocenters. The minimum atomic E-state index is -1.12. The molecule has 0 heterocycles. The van der Waals surface area contributed by atoms with Gasteiger partial charge in [-0.05, 0) is 140 Å². The number of esters is 2.